The monoisotopic (exact) mass is 340 g/mol. The van der Waals surface area contributed by atoms with Gasteiger partial charge < -0.3 is 4.74 Å². The first-order valence-corrected chi connectivity index (χ1v) is 9.50. The average molecular weight is 340 g/mol. The summed E-state index contributed by atoms with van der Waals surface area (Å²) >= 11 is 0. The van der Waals surface area contributed by atoms with E-state index in [-0.39, 0.29) is 11.8 Å². The molecule has 3 rings (SSSR count). The molecule has 25 heavy (non-hydrogen) atoms. The minimum absolute atomic E-state index is 0.0765. The maximum atomic E-state index is 12.3. The molecule has 0 radical (unpaired) electrons. The molecule has 0 heterocycles. The first-order valence-electron chi connectivity index (χ1n) is 9.50. The van der Waals surface area contributed by atoms with E-state index in [1.165, 1.54) is 0 Å². The fourth-order valence-electron chi connectivity index (χ4n) is 3.66. The molecule has 1 amide bonds. The summed E-state index contributed by atoms with van der Waals surface area (Å²) in [6.07, 6.45) is 12.8. The van der Waals surface area contributed by atoms with Gasteiger partial charge in [-0.15, -0.1) is 0 Å². The number of fused-ring (bicyclic) bond motifs is 1. The third-order valence-corrected chi connectivity index (χ3v) is 5.17. The zero-order valence-corrected chi connectivity index (χ0v) is 15.0. The number of carbonyl (C=O) groups excluding carboxylic acids is 1. The first kappa shape index (κ1) is 17.7. The zero-order valence-electron chi connectivity index (χ0n) is 15.0. The Labute approximate surface area is 150 Å². The maximum absolute atomic E-state index is 12.3. The molecule has 4 nitrogen and oxygen atoms in total. The second kappa shape index (κ2) is 8.84. The Kier molecular flexibility index (Phi) is 6.26. The summed E-state index contributed by atoms with van der Waals surface area (Å²) in [7, 11) is 0. The summed E-state index contributed by atoms with van der Waals surface area (Å²) in [5, 5.41) is 4.13. The smallest absolute Gasteiger partial charge is 0.243 e. The average Bonchev–Trinajstić information content (AvgIpc) is 3.27. The van der Waals surface area contributed by atoms with Crippen LogP contribution < -0.4 is 10.2 Å². The number of unbranched alkanes of at least 4 members (excludes halogenated alkanes) is 1. The van der Waals surface area contributed by atoms with E-state index < -0.39 is 0 Å². The van der Waals surface area contributed by atoms with Crippen LogP contribution in [0, 0.1) is 17.8 Å². The molecule has 1 fully saturated rings. The molecule has 2 unspecified atom stereocenters. The molecule has 1 N–H and O–H groups in total. The quantitative estimate of drug-likeness (QED) is 0.348. The van der Waals surface area contributed by atoms with Gasteiger partial charge in [0.15, 0.2) is 0 Å². The number of ether oxygens (including phenoxy) is 1. The van der Waals surface area contributed by atoms with E-state index in [9.17, 15) is 4.79 Å². The van der Waals surface area contributed by atoms with Crippen LogP contribution in [0.1, 0.15) is 51.0 Å². The number of carbonyl (C=O) groups is 1. The largest absolute Gasteiger partial charge is 0.494 e. The summed E-state index contributed by atoms with van der Waals surface area (Å²) in [4.78, 5) is 12.3. The van der Waals surface area contributed by atoms with Gasteiger partial charge in [-0.2, -0.15) is 5.10 Å². The van der Waals surface area contributed by atoms with Crippen molar-refractivity contribution in [2.75, 3.05) is 6.61 Å². The van der Waals surface area contributed by atoms with E-state index in [1.807, 2.05) is 24.3 Å². The van der Waals surface area contributed by atoms with Gasteiger partial charge in [-0.25, -0.2) is 5.43 Å². The van der Waals surface area contributed by atoms with Crippen molar-refractivity contribution in [3.63, 3.8) is 0 Å². The number of nitrogens with one attached hydrogen (secondary N) is 1. The normalized spacial score (nSPS) is 25.1. The van der Waals surface area contributed by atoms with E-state index >= 15 is 0 Å². The molecule has 2 aliphatic carbocycles. The van der Waals surface area contributed by atoms with Crippen molar-refractivity contribution in [3.8, 4) is 5.75 Å². The van der Waals surface area contributed by atoms with Crippen molar-refractivity contribution < 1.29 is 9.53 Å². The molecule has 0 saturated heterocycles. The Bertz CT molecular complexity index is 605. The Balaban J connectivity index is 1.44. The van der Waals surface area contributed by atoms with Crippen molar-refractivity contribution in [1.29, 1.82) is 0 Å². The molecule has 1 aromatic rings. The third kappa shape index (κ3) is 4.94. The van der Waals surface area contributed by atoms with Gasteiger partial charge in [-0.3, -0.25) is 4.79 Å². The lowest BCUT2D eigenvalue weighted by Gasteiger charge is -2.04. The maximum Gasteiger partial charge on any atom is 0.243 e. The van der Waals surface area contributed by atoms with Crippen molar-refractivity contribution in [3.05, 3.63) is 42.0 Å². The van der Waals surface area contributed by atoms with Crippen molar-refractivity contribution in [2.45, 2.75) is 45.4 Å². The fourth-order valence-corrected chi connectivity index (χ4v) is 3.66. The number of rotatable bonds is 7. The molecular formula is C21H28N2O2. The van der Waals surface area contributed by atoms with Crippen LogP contribution in [0.3, 0.4) is 0 Å². The fraction of sp³-hybridized carbons (Fsp3) is 0.524. The van der Waals surface area contributed by atoms with Crippen LogP contribution in [0.2, 0.25) is 0 Å². The highest BCUT2D eigenvalue weighted by Gasteiger charge is 2.53. The highest BCUT2D eigenvalue weighted by atomic mass is 16.5. The standard InChI is InChI=1S/C21H28N2O2/c1-2-3-14-25-17-12-10-16(11-13-17)15-22-23-21(24)20-18-8-6-4-5-7-9-19(18)20/h4-5,10-13,15,18-20H,2-3,6-9,14H2,1H3,(H,23,24). The number of hydrogen-bond acceptors (Lipinski definition) is 3. The molecule has 1 aromatic carbocycles. The highest BCUT2D eigenvalue weighted by molar-refractivity contribution is 5.85. The lowest BCUT2D eigenvalue weighted by Crippen LogP contribution is -2.21. The van der Waals surface area contributed by atoms with Gasteiger partial charge in [0.2, 0.25) is 5.91 Å². The van der Waals surface area contributed by atoms with E-state index in [0.29, 0.717) is 11.8 Å². The second-order valence-corrected chi connectivity index (χ2v) is 6.98. The molecule has 0 aromatic heterocycles. The Hall–Kier alpha value is -2.10. The van der Waals surface area contributed by atoms with E-state index in [0.717, 1.165) is 56.4 Å². The van der Waals surface area contributed by atoms with Crippen LogP contribution in [0.25, 0.3) is 0 Å². The van der Waals surface area contributed by atoms with Crippen LogP contribution in [0.15, 0.2) is 41.5 Å². The third-order valence-electron chi connectivity index (χ3n) is 5.17. The number of allylic oxidation sites excluding steroid dienone is 2. The molecule has 134 valence electrons. The molecular weight excluding hydrogens is 312 g/mol. The van der Waals surface area contributed by atoms with E-state index in [2.05, 4.69) is 29.6 Å². The zero-order chi connectivity index (χ0) is 17.5. The second-order valence-electron chi connectivity index (χ2n) is 6.98. The molecule has 2 aliphatic rings. The topological polar surface area (TPSA) is 50.7 Å². The van der Waals surface area contributed by atoms with Gasteiger partial charge in [0.25, 0.3) is 0 Å². The summed E-state index contributed by atoms with van der Waals surface area (Å²) in [5.41, 5.74) is 3.68. The lowest BCUT2D eigenvalue weighted by molar-refractivity contribution is -0.122. The predicted octanol–water partition coefficient (Wildman–Crippen LogP) is 4.31. The van der Waals surface area contributed by atoms with E-state index in [4.69, 9.17) is 4.74 Å². The Morgan fingerprint density at radius 2 is 1.88 bits per heavy atom. The van der Waals surface area contributed by atoms with Gasteiger partial charge >= 0.3 is 0 Å². The first-order chi connectivity index (χ1) is 12.3. The minimum Gasteiger partial charge on any atom is -0.494 e. The van der Waals surface area contributed by atoms with Crippen LogP contribution >= 0.6 is 0 Å². The molecule has 0 spiro atoms. The summed E-state index contributed by atoms with van der Waals surface area (Å²) in [5.74, 6) is 2.22. The van der Waals surface area contributed by atoms with Crippen LogP contribution in [0.4, 0.5) is 0 Å². The van der Waals surface area contributed by atoms with Crippen molar-refractivity contribution >= 4 is 12.1 Å². The summed E-state index contributed by atoms with van der Waals surface area (Å²) in [6.45, 7) is 2.90. The number of hydrazone groups is 1. The van der Waals surface area contributed by atoms with Crippen molar-refractivity contribution in [1.82, 2.24) is 5.43 Å². The number of nitrogens with zero attached hydrogens (tertiary/aromatic N) is 1. The highest BCUT2D eigenvalue weighted by Crippen LogP contribution is 2.52. The number of hydrogen-bond donors (Lipinski definition) is 1. The van der Waals surface area contributed by atoms with Crippen LogP contribution in [-0.4, -0.2) is 18.7 Å². The van der Waals surface area contributed by atoms with Gasteiger partial charge in [0, 0.05) is 5.92 Å². The van der Waals surface area contributed by atoms with Crippen molar-refractivity contribution in [2.24, 2.45) is 22.9 Å². The van der Waals surface area contributed by atoms with Gasteiger partial charge in [0.1, 0.15) is 5.75 Å². The molecule has 1 saturated carbocycles. The molecule has 0 bridgehead atoms. The number of amides is 1. The Morgan fingerprint density at radius 3 is 2.52 bits per heavy atom. The number of benzene rings is 1. The molecule has 2 atom stereocenters. The summed E-state index contributed by atoms with van der Waals surface area (Å²) < 4.78 is 5.64. The summed E-state index contributed by atoms with van der Waals surface area (Å²) in [6, 6.07) is 7.78. The predicted molar refractivity (Wildman–Crippen MR) is 101 cm³/mol. The lowest BCUT2D eigenvalue weighted by atomic mass is 10.1. The van der Waals surface area contributed by atoms with Gasteiger partial charge in [-0.05, 0) is 73.8 Å². The molecule has 0 aliphatic heterocycles. The van der Waals surface area contributed by atoms with Crippen LogP contribution in [0.5, 0.6) is 5.75 Å². The van der Waals surface area contributed by atoms with Gasteiger partial charge in [-0.1, -0.05) is 25.5 Å². The minimum atomic E-state index is 0.0765. The SMILES string of the molecule is CCCCOc1ccc(C=NNC(=O)C2C3CCC=CCCC32)cc1. The van der Waals surface area contributed by atoms with Crippen LogP contribution in [-0.2, 0) is 4.79 Å². The molecule has 4 heteroatoms. The van der Waals surface area contributed by atoms with E-state index in [1.54, 1.807) is 6.21 Å². The van der Waals surface area contributed by atoms with Gasteiger partial charge in [0.05, 0.1) is 12.8 Å². The Morgan fingerprint density at radius 1 is 1.20 bits per heavy atom.